The molecule has 1 aliphatic heterocycles. The van der Waals surface area contributed by atoms with Gasteiger partial charge in [0, 0.05) is 16.6 Å². The van der Waals surface area contributed by atoms with Crippen LogP contribution in [-0.4, -0.2) is 29.1 Å². The van der Waals surface area contributed by atoms with E-state index in [9.17, 15) is 9.90 Å². The van der Waals surface area contributed by atoms with Crippen LogP contribution in [0.1, 0.15) is 35.6 Å². The quantitative estimate of drug-likeness (QED) is 0.457. The normalized spacial score (nSPS) is 17.8. The molecule has 1 fully saturated rings. The second-order valence-electron chi connectivity index (χ2n) is 7.91. The standard InChI is InChI=1S/C26H26BrNO3/c27-23-14-6-4-12-21(23)25(28-16-8-11-20(17-28)26(29)30)22-13-5-7-15-24(22)31-18-19-9-2-1-3-10-19/h1-7,9-10,12-15,20,25H,8,11,16-18H2,(H,29,30). The van der Waals surface area contributed by atoms with Crippen molar-refractivity contribution in [2.75, 3.05) is 13.1 Å². The third-order valence-corrected chi connectivity index (χ3v) is 6.54. The van der Waals surface area contributed by atoms with Gasteiger partial charge in [0.1, 0.15) is 12.4 Å². The number of rotatable bonds is 7. The number of hydrogen-bond donors (Lipinski definition) is 1. The number of ether oxygens (including phenoxy) is 1. The van der Waals surface area contributed by atoms with E-state index in [1.165, 1.54) is 0 Å². The maximum Gasteiger partial charge on any atom is 0.307 e. The fraction of sp³-hybridized carbons (Fsp3) is 0.269. The molecule has 1 saturated heterocycles. The van der Waals surface area contributed by atoms with Crippen LogP contribution in [0, 0.1) is 5.92 Å². The van der Waals surface area contributed by atoms with E-state index in [1.54, 1.807) is 0 Å². The molecular formula is C26H26BrNO3. The molecule has 31 heavy (non-hydrogen) atoms. The van der Waals surface area contributed by atoms with E-state index in [0.717, 1.165) is 46.3 Å². The SMILES string of the molecule is O=C(O)C1CCCN(C(c2ccccc2Br)c2ccccc2OCc2ccccc2)C1. The first kappa shape index (κ1) is 21.6. The molecule has 0 bridgehead atoms. The number of carboxylic acids is 1. The van der Waals surface area contributed by atoms with Gasteiger partial charge in [0.2, 0.25) is 0 Å². The molecule has 4 rings (SSSR count). The van der Waals surface area contributed by atoms with Gasteiger partial charge in [-0.05, 0) is 42.6 Å². The lowest BCUT2D eigenvalue weighted by Crippen LogP contribution is -2.41. The van der Waals surface area contributed by atoms with E-state index in [2.05, 4.69) is 45.1 Å². The Hall–Kier alpha value is -2.63. The first-order valence-corrected chi connectivity index (χ1v) is 11.4. The summed E-state index contributed by atoms with van der Waals surface area (Å²) in [7, 11) is 0. The van der Waals surface area contributed by atoms with Crippen LogP contribution in [0.3, 0.4) is 0 Å². The minimum Gasteiger partial charge on any atom is -0.489 e. The minimum atomic E-state index is -0.718. The smallest absolute Gasteiger partial charge is 0.307 e. The Morgan fingerprint density at radius 1 is 1.00 bits per heavy atom. The topological polar surface area (TPSA) is 49.8 Å². The summed E-state index contributed by atoms with van der Waals surface area (Å²) in [6, 6.07) is 26.3. The molecule has 1 heterocycles. The molecule has 4 nitrogen and oxygen atoms in total. The van der Waals surface area contributed by atoms with Crippen molar-refractivity contribution in [1.82, 2.24) is 4.90 Å². The first-order valence-electron chi connectivity index (χ1n) is 10.6. The molecule has 1 N–H and O–H groups in total. The number of para-hydroxylation sites is 1. The average Bonchev–Trinajstić information content (AvgIpc) is 2.81. The highest BCUT2D eigenvalue weighted by Crippen LogP contribution is 2.40. The Bertz CT molecular complexity index is 1020. The Morgan fingerprint density at radius 2 is 1.68 bits per heavy atom. The Labute approximate surface area is 191 Å². The number of aliphatic carboxylic acids is 1. The highest BCUT2D eigenvalue weighted by Gasteiger charge is 2.33. The van der Waals surface area contributed by atoms with Crippen LogP contribution >= 0.6 is 15.9 Å². The van der Waals surface area contributed by atoms with E-state index in [4.69, 9.17) is 4.74 Å². The summed E-state index contributed by atoms with van der Waals surface area (Å²) in [5.74, 6) is -0.245. The lowest BCUT2D eigenvalue weighted by Gasteiger charge is -2.38. The maximum absolute atomic E-state index is 11.7. The van der Waals surface area contributed by atoms with Crippen molar-refractivity contribution in [3.05, 3.63) is 100 Å². The Kier molecular flexibility index (Phi) is 7.05. The molecule has 160 valence electrons. The first-order chi connectivity index (χ1) is 15.1. The predicted molar refractivity (Wildman–Crippen MR) is 125 cm³/mol. The molecule has 0 aromatic heterocycles. The van der Waals surface area contributed by atoms with Crippen molar-refractivity contribution in [3.63, 3.8) is 0 Å². The third-order valence-electron chi connectivity index (χ3n) is 5.82. The molecule has 3 aromatic rings. The van der Waals surface area contributed by atoms with Gasteiger partial charge in [0.15, 0.2) is 0 Å². The predicted octanol–water partition coefficient (Wildman–Crippen LogP) is 5.91. The van der Waals surface area contributed by atoms with E-state index in [-0.39, 0.29) is 12.0 Å². The fourth-order valence-corrected chi connectivity index (χ4v) is 4.78. The van der Waals surface area contributed by atoms with E-state index in [1.807, 2.05) is 54.6 Å². The van der Waals surface area contributed by atoms with Crippen LogP contribution in [0.2, 0.25) is 0 Å². The monoisotopic (exact) mass is 479 g/mol. The van der Waals surface area contributed by atoms with Gasteiger partial charge in [-0.25, -0.2) is 0 Å². The molecule has 2 unspecified atom stereocenters. The van der Waals surface area contributed by atoms with Gasteiger partial charge in [0.05, 0.1) is 12.0 Å². The number of piperidine rings is 1. The summed E-state index contributed by atoms with van der Waals surface area (Å²) < 4.78 is 7.28. The second kappa shape index (κ2) is 10.1. The molecule has 0 amide bonds. The van der Waals surface area contributed by atoms with E-state index in [0.29, 0.717) is 13.2 Å². The zero-order chi connectivity index (χ0) is 21.6. The number of halogens is 1. The van der Waals surface area contributed by atoms with Crippen molar-refractivity contribution in [2.24, 2.45) is 5.92 Å². The summed E-state index contributed by atoms with van der Waals surface area (Å²) in [6.45, 7) is 1.86. The van der Waals surface area contributed by atoms with Crippen molar-refractivity contribution in [2.45, 2.75) is 25.5 Å². The van der Waals surface area contributed by atoms with Crippen LogP contribution in [0.4, 0.5) is 0 Å². The van der Waals surface area contributed by atoms with Crippen LogP contribution in [0.5, 0.6) is 5.75 Å². The maximum atomic E-state index is 11.7. The third kappa shape index (κ3) is 5.17. The molecular weight excluding hydrogens is 454 g/mol. The van der Waals surface area contributed by atoms with Crippen molar-refractivity contribution >= 4 is 21.9 Å². The van der Waals surface area contributed by atoms with E-state index >= 15 is 0 Å². The summed E-state index contributed by atoms with van der Waals surface area (Å²) in [5, 5.41) is 9.64. The summed E-state index contributed by atoms with van der Waals surface area (Å²) in [6.07, 6.45) is 1.59. The van der Waals surface area contributed by atoms with Gasteiger partial charge < -0.3 is 9.84 Å². The van der Waals surface area contributed by atoms with Gasteiger partial charge in [-0.15, -0.1) is 0 Å². The van der Waals surface area contributed by atoms with Gasteiger partial charge in [-0.1, -0.05) is 82.7 Å². The van der Waals surface area contributed by atoms with Crippen LogP contribution in [0.15, 0.2) is 83.3 Å². The number of hydrogen-bond acceptors (Lipinski definition) is 3. The Balaban J connectivity index is 1.70. The molecule has 0 aliphatic carbocycles. The lowest BCUT2D eigenvalue weighted by atomic mass is 9.91. The zero-order valence-electron chi connectivity index (χ0n) is 17.3. The molecule has 2 atom stereocenters. The molecule has 1 aliphatic rings. The molecule has 3 aromatic carbocycles. The lowest BCUT2D eigenvalue weighted by molar-refractivity contribution is -0.143. The van der Waals surface area contributed by atoms with Gasteiger partial charge in [-0.2, -0.15) is 0 Å². The molecule has 0 saturated carbocycles. The van der Waals surface area contributed by atoms with Gasteiger partial charge in [-0.3, -0.25) is 9.69 Å². The van der Waals surface area contributed by atoms with Gasteiger partial charge in [0.25, 0.3) is 0 Å². The largest absolute Gasteiger partial charge is 0.489 e. The fourth-order valence-electron chi connectivity index (χ4n) is 4.27. The van der Waals surface area contributed by atoms with Crippen LogP contribution < -0.4 is 4.74 Å². The van der Waals surface area contributed by atoms with Crippen molar-refractivity contribution in [3.8, 4) is 5.75 Å². The highest BCUT2D eigenvalue weighted by atomic mass is 79.9. The number of likely N-dealkylation sites (tertiary alicyclic amines) is 1. The number of benzene rings is 3. The van der Waals surface area contributed by atoms with Crippen LogP contribution in [-0.2, 0) is 11.4 Å². The molecule has 5 heteroatoms. The van der Waals surface area contributed by atoms with Crippen LogP contribution in [0.25, 0.3) is 0 Å². The van der Waals surface area contributed by atoms with Crippen molar-refractivity contribution in [1.29, 1.82) is 0 Å². The molecule has 0 radical (unpaired) electrons. The van der Waals surface area contributed by atoms with Crippen molar-refractivity contribution < 1.29 is 14.6 Å². The second-order valence-corrected chi connectivity index (χ2v) is 8.76. The highest BCUT2D eigenvalue weighted by molar-refractivity contribution is 9.10. The number of nitrogens with zero attached hydrogens (tertiary/aromatic N) is 1. The summed E-state index contributed by atoms with van der Waals surface area (Å²) in [4.78, 5) is 14.0. The van der Waals surface area contributed by atoms with E-state index < -0.39 is 5.97 Å². The number of carbonyl (C=O) groups is 1. The van der Waals surface area contributed by atoms with Gasteiger partial charge >= 0.3 is 5.97 Å². The summed E-state index contributed by atoms with van der Waals surface area (Å²) >= 11 is 3.72. The summed E-state index contributed by atoms with van der Waals surface area (Å²) in [5.41, 5.74) is 3.28. The number of carboxylic acid groups (broad SMARTS) is 1. The molecule has 0 spiro atoms. The average molecular weight is 480 g/mol. The zero-order valence-corrected chi connectivity index (χ0v) is 18.9. The Morgan fingerprint density at radius 3 is 2.42 bits per heavy atom. The minimum absolute atomic E-state index is 0.0929.